The molecule has 0 spiro atoms. The molecule has 0 amide bonds. The van der Waals surface area contributed by atoms with Crippen LogP contribution in [-0.4, -0.2) is 16.9 Å². The van der Waals surface area contributed by atoms with E-state index in [1.54, 1.807) is 11.8 Å². The van der Waals surface area contributed by atoms with Gasteiger partial charge in [0.1, 0.15) is 11.6 Å². The number of nitrogens with two attached hydrogens (primary N) is 1. The molecule has 1 atom stereocenters. The Bertz CT molecular complexity index is 671. The molecule has 0 bridgehead atoms. The number of anilines is 1. The molecule has 1 aromatic heterocycles. The van der Waals surface area contributed by atoms with Crippen LogP contribution in [0.25, 0.3) is 11.1 Å². The Morgan fingerprint density at radius 3 is 2.71 bits per heavy atom. The van der Waals surface area contributed by atoms with Crippen LogP contribution in [0.1, 0.15) is 36.9 Å². The largest absolute Gasteiger partial charge is 0.496 e. The lowest BCUT2D eigenvalue weighted by atomic mass is 9.93. The van der Waals surface area contributed by atoms with Gasteiger partial charge in [-0.05, 0) is 37.8 Å². The van der Waals surface area contributed by atoms with E-state index in [0.29, 0.717) is 11.7 Å². The lowest BCUT2D eigenvalue weighted by molar-refractivity contribution is 0.416. The van der Waals surface area contributed by atoms with Crippen LogP contribution in [0.5, 0.6) is 5.75 Å². The van der Waals surface area contributed by atoms with Gasteiger partial charge < -0.3 is 10.5 Å². The van der Waals surface area contributed by atoms with Crippen molar-refractivity contribution in [1.29, 1.82) is 0 Å². The van der Waals surface area contributed by atoms with Gasteiger partial charge in [-0.3, -0.25) is 4.68 Å². The molecule has 1 fully saturated rings. The van der Waals surface area contributed by atoms with Crippen molar-refractivity contribution in [1.82, 2.24) is 9.78 Å². The first-order chi connectivity index (χ1) is 10.0. The quantitative estimate of drug-likeness (QED) is 0.935. The standard InChI is InChI=1S/C17H23N3O/c1-10-5-8-14(21-4)13(9-10)15-16(11(2)12-6-7-12)19-20(3)17(15)18/h5,8-9,11-12H,6-7,18H2,1-4H3. The maximum Gasteiger partial charge on any atom is 0.129 e. The highest BCUT2D eigenvalue weighted by atomic mass is 16.5. The van der Waals surface area contributed by atoms with Crippen LogP contribution in [-0.2, 0) is 7.05 Å². The number of rotatable bonds is 4. The van der Waals surface area contributed by atoms with Gasteiger partial charge in [-0.25, -0.2) is 0 Å². The van der Waals surface area contributed by atoms with Crippen LogP contribution < -0.4 is 10.5 Å². The zero-order chi connectivity index (χ0) is 15.1. The summed E-state index contributed by atoms with van der Waals surface area (Å²) < 4.78 is 7.32. The molecule has 1 unspecified atom stereocenters. The zero-order valence-corrected chi connectivity index (χ0v) is 13.2. The van der Waals surface area contributed by atoms with Crippen molar-refractivity contribution in [3.63, 3.8) is 0 Å². The average Bonchev–Trinajstić information content (AvgIpc) is 3.26. The minimum absolute atomic E-state index is 0.439. The van der Waals surface area contributed by atoms with Gasteiger partial charge in [0.2, 0.25) is 0 Å². The topological polar surface area (TPSA) is 53.1 Å². The molecule has 1 heterocycles. The highest BCUT2D eigenvalue weighted by molar-refractivity contribution is 5.82. The van der Waals surface area contributed by atoms with Gasteiger partial charge in [-0.15, -0.1) is 0 Å². The molecule has 3 rings (SSSR count). The second-order valence-electron chi connectivity index (χ2n) is 6.10. The molecule has 1 aliphatic rings. The molecule has 2 N–H and O–H groups in total. The molecular formula is C17H23N3O. The number of hydrogen-bond acceptors (Lipinski definition) is 3. The smallest absolute Gasteiger partial charge is 0.129 e. The Hall–Kier alpha value is -1.97. The van der Waals surface area contributed by atoms with Crippen LogP contribution in [0, 0.1) is 12.8 Å². The third kappa shape index (κ3) is 2.39. The maximum atomic E-state index is 6.31. The van der Waals surface area contributed by atoms with Crippen molar-refractivity contribution in [2.24, 2.45) is 13.0 Å². The summed E-state index contributed by atoms with van der Waals surface area (Å²) in [4.78, 5) is 0. The Kier molecular flexibility index (Phi) is 3.40. The second kappa shape index (κ2) is 5.10. The van der Waals surface area contributed by atoms with E-state index in [9.17, 15) is 0 Å². The number of ether oxygens (including phenoxy) is 1. The van der Waals surface area contributed by atoms with Crippen LogP contribution >= 0.6 is 0 Å². The molecule has 1 saturated carbocycles. The maximum absolute atomic E-state index is 6.31. The van der Waals surface area contributed by atoms with Crippen molar-refractivity contribution < 1.29 is 4.74 Å². The first-order valence-corrected chi connectivity index (χ1v) is 7.50. The minimum atomic E-state index is 0.439. The number of nitrogen functional groups attached to an aromatic ring is 1. The van der Waals surface area contributed by atoms with E-state index in [-0.39, 0.29) is 0 Å². The number of hydrogen-bond donors (Lipinski definition) is 1. The predicted molar refractivity (Wildman–Crippen MR) is 85.5 cm³/mol. The van der Waals surface area contributed by atoms with E-state index < -0.39 is 0 Å². The number of methoxy groups -OCH3 is 1. The molecule has 1 aliphatic carbocycles. The van der Waals surface area contributed by atoms with E-state index in [0.717, 1.165) is 28.5 Å². The third-order valence-corrected chi connectivity index (χ3v) is 4.50. The molecular weight excluding hydrogens is 262 g/mol. The van der Waals surface area contributed by atoms with Crippen molar-refractivity contribution in [3.05, 3.63) is 29.5 Å². The highest BCUT2D eigenvalue weighted by Gasteiger charge is 2.33. The predicted octanol–water partition coefficient (Wildman–Crippen LogP) is 3.50. The van der Waals surface area contributed by atoms with Crippen molar-refractivity contribution in [3.8, 4) is 16.9 Å². The van der Waals surface area contributed by atoms with Gasteiger partial charge in [-0.2, -0.15) is 5.10 Å². The van der Waals surface area contributed by atoms with Crippen molar-refractivity contribution >= 4 is 5.82 Å². The molecule has 112 valence electrons. The summed E-state index contributed by atoms with van der Waals surface area (Å²) >= 11 is 0. The summed E-state index contributed by atoms with van der Waals surface area (Å²) in [7, 11) is 3.61. The van der Waals surface area contributed by atoms with Crippen molar-refractivity contribution in [2.75, 3.05) is 12.8 Å². The summed E-state index contributed by atoms with van der Waals surface area (Å²) in [6.07, 6.45) is 2.59. The summed E-state index contributed by atoms with van der Waals surface area (Å²) in [6.45, 7) is 4.34. The monoisotopic (exact) mass is 285 g/mol. The molecule has 2 aromatic rings. The first-order valence-electron chi connectivity index (χ1n) is 7.50. The third-order valence-electron chi connectivity index (χ3n) is 4.50. The lowest BCUT2D eigenvalue weighted by Gasteiger charge is -2.14. The van der Waals surface area contributed by atoms with E-state index in [1.165, 1.54) is 18.4 Å². The Morgan fingerprint density at radius 1 is 1.38 bits per heavy atom. The SMILES string of the molecule is COc1ccc(C)cc1-c1c(C(C)C2CC2)nn(C)c1N. The van der Waals surface area contributed by atoms with Gasteiger partial charge >= 0.3 is 0 Å². The fourth-order valence-electron chi connectivity index (χ4n) is 2.99. The minimum Gasteiger partial charge on any atom is -0.496 e. The fraction of sp³-hybridized carbons (Fsp3) is 0.471. The Labute approximate surface area is 125 Å². The number of benzene rings is 1. The Morgan fingerprint density at radius 2 is 2.10 bits per heavy atom. The van der Waals surface area contributed by atoms with Crippen molar-refractivity contribution in [2.45, 2.75) is 32.6 Å². The number of nitrogens with zero attached hydrogens (tertiary/aromatic N) is 2. The number of aryl methyl sites for hydroxylation is 2. The van der Waals surface area contributed by atoms with Gasteiger partial charge in [-0.1, -0.05) is 18.6 Å². The van der Waals surface area contributed by atoms with E-state index in [2.05, 4.69) is 31.1 Å². The van der Waals surface area contributed by atoms with E-state index in [4.69, 9.17) is 10.5 Å². The molecule has 0 saturated heterocycles. The van der Waals surface area contributed by atoms with Crippen LogP contribution in [0.15, 0.2) is 18.2 Å². The van der Waals surface area contributed by atoms with Gasteiger partial charge in [0.15, 0.2) is 0 Å². The van der Waals surface area contributed by atoms with Crippen LogP contribution in [0.3, 0.4) is 0 Å². The van der Waals surface area contributed by atoms with E-state index >= 15 is 0 Å². The molecule has 4 heteroatoms. The summed E-state index contributed by atoms with van der Waals surface area (Å²) in [5.74, 6) is 2.74. The van der Waals surface area contributed by atoms with Gasteiger partial charge in [0.05, 0.1) is 18.4 Å². The molecule has 1 aromatic carbocycles. The van der Waals surface area contributed by atoms with Gasteiger partial charge in [0, 0.05) is 18.5 Å². The fourth-order valence-corrected chi connectivity index (χ4v) is 2.99. The highest BCUT2D eigenvalue weighted by Crippen LogP contribution is 2.47. The second-order valence-corrected chi connectivity index (χ2v) is 6.10. The molecule has 4 nitrogen and oxygen atoms in total. The Balaban J connectivity index is 2.19. The molecule has 0 radical (unpaired) electrons. The normalized spacial score (nSPS) is 16.0. The molecule has 21 heavy (non-hydrogen) atoms. The van der Waals surface area contributed by atoms with Crippen LogP contribution in [0.4, 0.5) is 5.82 Å². The number of aromatic nitrogens is 2. The van der Waals surface area contributed by atoms with Gasteiger partial charge in [0.25, 0.3) is 0 Å². The zero-order valence-electron chi connectivity index (χ0n) is 13.2. The average molecular weight is 285 g/mol. The first kappa shape index (κ1) is 14.0. The molecule has 0 aliphatic heterocycles. The lowest BCUT2D eigenvalue weighted by Crippen LogP contribution is -2.00. The van der Waals surface area contributed by atoms with Crippen LogP contribution in [0.2, 0.25) is 0 Å². The van der Waals surface area contributed by atoms with E-state index in [1.807, 2.05) is 13.1 Å². The summed E-state index contributed by atoms with van der Waals surface area (Å²) in [6, 6.07) is 6.19. The summed E-state index contributed by atoms with van der Waals surface area (Å²) in [5, 5.41) is 4.69. The summed E-state index contributed by atoms with van der Waals surface area (Å²) in [5.41, 5.74) is 10.7.